The molecule has 4 heterocycles. The molecule has 142 valence electrons. The highest BCUT2D eigenvalue weighted by molar-refractivity contribution is 5.79. The molecule has 27 heavy (non-hydrogen) atoms. The number of fused-ring (bicyclic) bond motifs is 4. The van der Waals surface area contributed by atoms with E-state index < -0.39 is 0 Å². The Bertz CT molecular complexity index is 893. The van der Waals surface area contributed by atoms with Gasteiger partial charge in [-0.05, 0) is 43.4 Å². The van der Waals surface area contributed by atoms with E-state index in [1.165, 1.54) is 19.3 Å². The molecule has 2 aromatic rings. The van der Waals surface area contributed by atoms with Gasteiger partial charge in [-0.3, -0.25) is 9.59 Å². The monoisotopic (exact) mass is 366 g/mol. The molecule has 2 fully saturated rings. The average molecular weight is 366 g/mol. The van der Waals surface area contributed by atoms with Crippen LogP contribution in [-0.2, 0) is 11.3 Å². The molecule has 1 saturated heterocycles. The maximum atomic E-state index is 13.1. The van der Waals surface area contributed by atoms with Crippen LogP contribution in [0.3, 0.4) is 0 Å². The number of piperidine rings is 1. The summed E-state index contributed by atoms with van der Waals surface area (Å²) < 4.78 is 7.57. The third-order valence-corrected chi connectivity index (χ3v) is 6.64. The zero-order valence-electron chi connectivity index (χ0n) is 15.6. The summed E-state index contributed by atoms with van der Waals surface area (Å²) in [6, 6.07) is 7.35. The molecule has 1 amide bonds. The minimum absolute atomic E-state index is 0.0575. The molecule has 2 bridgehead atoms. The minimum atomic E-state index is 0.0575. The molecule has 5 heteroatoms. The lowest BCUT2D eigenvalue weighted by Gasteiger charge is -2.44. The summed E-state index contributed by atoms with van der Waals surface area (Å²) in [4.78, 5) is 27.7. The van der Waals surface area contributed by atoms with Crippen molar-refractivity contribution in [2.75, 3.05) is 13.1 Å². The van der Waals surface area contributed by atoms with Crippen LogP contribution in [0.2, 0.25) is 0 Å². The SMILES string of the molecule is O=C(C1CCCCC1)N1C[C@@H]2C[C@@H](C1)c1c(-c3ccco3)ccc(=O)n1C2. The molecule has 0 radical (unpaired) electrons. The lowest BCUT2D eigenvalue weighted by molar-refractivity contribution is -0.139. The van der Waals surface area contributed by atoms with Crippen molar-refractivity contribution < 1.29 is 9.21 Å². The highest BCUT2D eigenvalue weighted by Crippen LogP contribution is 2.40. The van der Waals surface area contributed by atoms with Crippen molar-refractivity contribution in [2.45, 2.75) is 51.0 Å². The van der Waals surface area contributed by atoms with E-state index in [1.807, 2.05) is 22.8 Å². The molecule has 0 N–H and O–H groups in total. The second kappa shape index (κ2) is 6.70. The van der Waals surface area contributed by atoms with E-state index in [0.717, 1.165) is 49.4 Å². The summed E-state index contributed by atoms with van der Waals surface area (Å²) in [5.74, 6) is 1.93. The van der Waals surface area contributed by atoms with Gasteiger partial charge in [-0.15, -0.1) is 0 Å². The van der Waals surface area contributed by atoms with Crippen molar-refractivity contribution >= 4 is 5.91 Å². The predicted octanol–water partition coefficient (Wildman–Crippen LogP) is 3.63. The third kappa shape index (κ3) is 2.93. The Morgan fingerprint density at radius 2 is 1.89 bits per heavy atom. The molecule has 2 aliphatic heterocycles. The molecular formula is C22H26N2O3. The van der Waals surface area contributed by atoms with Crippen molar-refractivity contribution in [2.24, 2.45) is 11.8 Å². The zero-order chi connectivity index (χ0) is 18.4. The van der Waals surface area contributed by atoms with Crippen molar-refractivity contribution in [3.8, 4) is 11.3 Å². The Morgan fingerprint density at radius 1 is 1.04 bits per heavy atom. The molecule has 0 aromatic carbocycles. The molecule has 0 unspecified atom stereocenters. The third-order valence-electron chi connectivity index (χ3n) is 6.64. The Balaban J connectivity index is 1.49. The normalized spacial score (nSPS) is 25.3. The summed E-state index contributed by atoms with van der Waals surface area (Å²) in [6.07, 6.45) is 8.42. The number of aromatic nitrogens is 1. The quantitative estimate of drug-likeness (QED) is 0.815. The molecule has 2 aromatic heterocycles. The van der Waals surface area contributed by atoms with E-state index >= 15 is 0 Å². The van der Waals surface area contributed by atoms with Crippen molar-refractivity contribution in [1.29, 1.82) is 0 Å². The van der Waals surface area contributed by atoms with Gasteiger partial charge in [0.05, 0.1) is 6.26 Å². The van der Waals surface area contributed by atoms with Gasteiger partial charge in [0.2, 0.25) is 5.91 Å². The first kappa shape index (κ1) is 16.8. The van der Waals surface area contributed by atoms with Gasteiger partial charge >= 0.3 is 0 Å². The number of hydrogen-bond donors (Lipinski definition) is 0. The van der Waals surface area contributed by atoms with E-state index in [-0.39, 0.29) is 17.4 Å². The second-order valence-corrected chi connectivity index (χ2v) is 8.44. The second-order valence-electron chi connectivity index (χ2n) is 8.44. The zero-order valence-corrected chi connectivity index (χ0v) is 15.6. The Labute approximate surface area is 159 Å². The van der Waals surface area contributed by atoms with Gasteiger partial charge < -0.3 is 13.9 Å². The fraction of sp³-hybridized carbons (Fsp3) is 0.545. The highest BCUT2D eigenvalue weighted by atomic mass is 16.3. The van der Waals surface area contributed by atoms with Crippen molar-refractivity contribution in [3.63, 3.8) is 0 Å². The fourth-order valence-electron chi connectivity index (χ4n) is 5.44. The van der Waals surface area contributed by atoms with Gasteiger partial charge in [0, 0.05) is 48.8 Å². The summed E-state index contributed by atoms with van der Waals surface area (Å²) in [6.45, 7) is 2.22. The lowest BCUT2D eigenvalue weighted by Crippen LogP contribution is -2.51. The van der Waals surface area contributed by atoms with E-state index in [0.29, 0.717) is 18.4 Å². The van der Waals surface area contributed by atoms with Crippen LogP contribution in [0.4, 0.5) is 0 Å². The summed E-state index contributed by atoms with van der Waals surface area (Å²) in [7, 11) is 0. The number of carbonyl (C=O) groups is 1. The molecular weight excluding hydrogens is 340 g/mol. The maximum absolute atomic E-state index is 13.1. The van der Waals surface area contributed by atoms with Crippen molar-refractivity contribution in [3.05, 3.63) is 46.6 Å². The van der Waals surface area contributed by atoms with Crippen LogP contribution in [0.15, 0.2) is 39.7 Å². The average Bonchev–Trinajstić information content (AvgIpc) is 3.23. The molecule has 1 aliphatic carbocycles. The van der Waals surface area contributed by atoms with Crippen LogP contribution < -0.4 is 5.56 Å². The number of furan rings is 1. The minimum Gasteiger partial charge on any atom is -0.464 e. The van der Waals surface area contributed by atoms with Crippen LogP contribution >= 0.6 is 0 Å². The van der Waals surface area contributed by atoms with E-state index in [9.17, 15) is 9.59 Å². The Hall–Kier alpha value is -2.30. The smallest absolute Gasteiger partial charge is 0.250 e. The number of hydrogen-bond acceptors (Lipinski definition) is 3. The van der Waals surface area contributed by atoms with Gasteiger partial charge in [0.25, 0.3) is 5.56 Å². The van der Waals surface area contributed by atoms with Gasteiger partial charge in [0.15, 0.2) is 0 Å². The van der Waals surface area contributed by atoms with Crippen LogP contribution in [0.25, 0.3) is 11.3 Å². The topological polar surface area (TPSA) is 55.5 Å². The van der Waals surface area contributed by atoms with Gasteiger partial charge in [-0.2, -0.15) is 0 Å². The number of nitrogens with zero attached hydrogens (tertiary/aromatic N) is 2. The van der Waals surface area contributed by atoms with Crippen LogP contribution in [0.1, 0.15) is 50.1 Å². The summed E-state index contributed by atoms with van der Waals surface area (Å²) in [5.41, 5.74) is 2.10. The largest absolute Gasteiger partial charge is 0.464 e. The lowest BCUT2D eigenvalue weighted by atomic mass is 9.80. The molecule has 3 aliphatic rings. The maximum Gasteiger partial charge on any atom is 0.250 e. The van der Waals surface area contributed by atoms with Crippen LogP contribution in [0.5, 0.6) is 0 Å². The predicted molar refractivity (Wildman–Crippen MR) is 102 cm³/mol. The van der Waals surface area contributed by atoms with Gasteiger partial charge in [-0.1, -0.05) is 19.3 Å². The molecule has 5 nitrogen and oxygen atoms in total. The number of pyridine rings is 1. The number of amides is 1. The van der Waals surface area contributed by atoms with Crippen molar-refractivity contribution in [1.82, 2.24) is 9.47 Å². The highest BCUT2D eigenvalue weighted by Gasteiger charge is 2.39. The van der Waals surface area contributed by atoms with Crippen LogP contribution in [-0.4, -0.2) is 28.5 Å². The number of likely N-dealkylation sites (tertiary alicyclic amines) is 1. The Morgan fingerprint density at radius 3 is 2.67 bits per heavy atom. The number of rotatable bonds is 2. The fourth-order valence-corrected chi connectivity index (χ4v) is 5.44. The standard InChI is InChI=1S/C22H26N2O3/c25-20-9-8-18(19-7-4-10-27-19)21-17-11-15(13-24(20)21)12-23(14-17)22(26)16-5-2-1-3-6-16/h4,7-10,15-17H,1-3,5-6,11-14H2/t15-,17-/m0/s1. The molecule has 1 saturated carbocycles. The summed E-state index contributed by atoms with van der Waals surface area (Å²) in [5, 5.41) is 0. The molecule has 0 spiro atoms. The van der Waals surface area contributed by atoms with E-state index in [4.69, 9.17) is 4.42 Å². The van der Waals surface area contributed by atoms with Gasteiger partial charge in [-0.25, -0.2) is 0 Å². The summed E-state index contributed by atoms with van der Waals surface area (Å²) >= 11 is 0. The molecule has 5 rings (SSSR count). The van der Waals surface area contributed by atoms with E-state index in [1.54, 1.807) is 12.3 Å². The van der Waals surface area contributed by atoms with Gasteiger partial charge in [0.1, 0.15) is 5.76 Å². The van der Waals surface area contributed by atoms with E-state index in [2.05, 4.69) is 4.90 Å². The first-order valence-electron chi connectivity index (χ1n) is 10.3. The van der Waals surface area contributed by atoms with Crippen LogP contribution in [0, 0.1) is 11.8 Å². The first-order valence-corrected chi connectivity index (χ1v) is 10.3. The Kier molecular flexibility index (Phi) is 4.18. The first-order chi connectivity index (χ1) is 13.2. The molecule has 2 atom stereocenters. The number of carbonyl (C=O) groups excluding carboxylic acids is 1.